The second kappa shape index (κ2) is 8.01. The van der Waals surface area contributed by atoms with Gasteiger partial charge in [-0.3, -0.25) is 9.59 Å². The van der Waals surface area contributed by atoms with Crippen LogP contribution in [-0.4, -0.2) is 42.0 Å². The molecule has 0 radical (unpaired) electrons. The molecule has 0 saturated carbocycles. The van der Waals surface area contributed by atoms with Crippen LogP contribution in [-0.2, 0) is 16.1 Å². The number of aromatic nitrogens is 2. The maximum atomic E-state index is 11.9. The van der Waals surface area contributed by atoms with Crippen molar-refractivity contribution < 1.29 is 9.53 Å². The topological polar surface area (TPSA) is 85.2 Å². The van der Waals surface area contributed by atoms with Crippen molar-refractivity contribution in [1.29, 1.82) is 0 Å². The van der Waals surface area contributed by atoms with E-state index in [-0.39, 0.29) is 11.5 Å². The first-order valence-electron chi connectivity index (χ1n) is 6.30. The number of hydrogen-bond donors (Lipinski definition) is 2. The number of rotatable bonds is 7. The van der Waals surface area contributed by atoms with E-state index in [0.29, 0.717) is 29.9 Å². The number of nitrogens with one attached hydrogen (secondary N) is 2. The van der Waals surface area contributed by atoms with Crippen molar-refractivity contribution in [2.75, 3.05) is 25.6 Å². The maximum Gasteiger partial charge on any atom is 0.283 e. The van der Waals surface area contributed by atoms with E-state index in [2.05, 4.69) is 31.7 Å². The molecule has 0 fully saturated rings. The van der Waals surface area contributed by atoms with Gasteiger partial charge in [-0.15, -0.1) is 0 Å². The standard InChI is InChI=1S/C12H19BrN4O3/c1-4-17-12(19)10(13)9(7-15-17)16-8(2)11(18)14-5-6-20-3/h7-8,16H,4-6H2,1-3H3,(H,14,18). The molecule has 0 saturated heterocycles. The van der Waals surface area contributed by atoms with Crippen LogP contribution in [0.4, 0.5) is 5.69 Å². The second-order valence-electron chi connectivity index (χ2n) is 4.14. The molecule has 20 heavy (non-hydrogen) atoms. The fraction of sp³-hybridized carbons (Fsp3) is 0.583. The Morgan fingerprint density at radius 3 is 2.90 bits per heavy atom. The van der Waals surface area contributed by atoms with Crippen molar-refractivity contribution in [3.63, 3.8) is 0 Å². The molecule has 1 rings (SSSR count). The first kappa shape index (κ1) is 16.6. The van der Waals surface area contributed by atoms with E-state index in [0.717, 1.165) is 0 Å². The molecule has 1 amide bonds. The maximum absolute atomic E-state index is 11.9. The Kier molecular flexibility index (Phi) is 6.66. The zero-order valence-electron chi connectivity index (χ0n) is 11.8. The van der Waals surface area contributed by atoms with Crippen molar-refractivity contribution >= 4 is 27.5 Å². The molecule has 0 aliphatic rings. The van der Waals surface area contributed by atoms with E-state index in [9.17, 15) is 9.59 Å². The Hall–Kier alpha value is -1.41. The summed E-state index contributed by atoms with van der Waals surface area (Å²) in [6, 6.07) is -0.484. The third kappa shape index (κ3) is 4.31. The lowest BCUT2D eigenvalue weighted by molar-refractivity contribution is -0.121. The van der Waals surface area contributed by atoms with Crippen molar-refractivity contribution in [2.24, 2.45) is 0 Å². The van der Waals surface area contributed by atoms with Gasteiger partial charge in [0.25, 0.3) is 5.56 Å². The summed E-state index contributed by atoms with van der Waals surface area (Å²) in [5.74, 6) is -0.173. The quantitative estimate of drug-likeness (QED) is 0.705. The summed E-state index contributed by atoms with van der Waals surface area (Å²) >= 11 is 3.23. The van der Waals surface area contributed by atoms with E-state index in [1.807, 2.05) is 6.92 Å². The van der Waals surface area contributed by atoms with E-state index >= 15 is 0 Å². The van der Waals surface area contributed by atoms with Gasteiger partial charge in [0, 0.05) is 20.2 Å². The molecule has 112 valence electrons. The highest BCUT2D eigenvalue weighted by molar-refractivity contribution is 9.10. The molecular formula is C12H19BrN4O3. The second-order valence-corrected chi connectivity index (χ2v) is 4.94. The number of ether oxygens (including phenoxy) is 1. The van der Waals surface area contributed by atoms with Gasteiger partial charge in [-0.1, -0.05) is 0 Å². The third-order valence-corrected chi connectivity index (χ3v) is 3.42. The van der Waals surface area contributed by atoms with Gasteiger partial charge in [0.15, 0.2) is 0 Å². The molecular weight excluding hydrogens is 328 g/mol. The van der Waals surface area contributed by atoms with Crippen LogP contribution >= 0.6 is 15.9 Å². The minimum atomic E-state index is -0.484. The number of carbonyl (C=O) groups is 1. The Morgan fingerprint density at radius 2 is 2.30 bits per heavy atom. The van der Waals surface area contributed by atoms with Gasteiger partial charge in [-0.2, -0.15) is 5.10 Å². The van der Waals surface area contributed by atoms with Crippen LogP contribution < -0.4 is 16.2 Å². The molecule has 8 heteroatoms. The highest BCUT2D eigenvalue weighted by atomic mass is 79.9. The fourth-order valence-electron chi connectivity index (χ4n) is 1.52. The molecule has 1 atom stereocenters. The SMILES string of the molecule is CCn1ncc(NC(C)C(=O)NCCOC)c(Br)c1=O. The van der Waals surface area contributed by atoms with Gasteiger partial charge in [0.05, 0.1) is 18.5 Å². The van der Waals surface area contributed by atoms with Gasteiger partial charge < -0.3 is 15.4 Å². The molecule has 1 heterocycles. The van der Waals surface area contributed by atoms with Gasteiger partial charge in [0.1, 0.15) is 10.5 Å². The highest BCUT2D eigenvalue weighted by Crippen LogP contribution is 2.17. The van der Waals surface area contributed by atoms with E-state index < -0.39 is 6.04 Å². The number of anilines is 1. The largest absolute Gasteiger partial charge is 0.383 e. The summed E-state index contributed by atoms with van der Waals surface area (Å²) < 4.78 is 6.55. The normalized spacial score (nSPS) is 12.0. The van der Waals surface area contributed by atoms with Crippen molar-refractivity contribution in [1.82, 2.24) is 15.1 Å². The monoisotopic (exact) mass is 346 g/mol. The Labute approximate surface area is 125 Å². The Balaban J connectivity index is 2.71. The van der Waals surface area contributed by atoms with Crippen molar-refractivity contribution in [2.45, 2.75) is 26.4 Å². The summed E-state index contributed by atoms with van der Waals surface area (Å²) in [4.78, 5) is 23.7. The Bertz CT molecular complexity index is 518. The molecule has 0 spiro atoms. The van der Waals surface area contributed by atoms with Crippen molar-refractivity contribution in [3.8, 4) is 0 Å². The molecule has 0 aliphatic heterocycles. The number of methoxy groups -OCH3 is 1. The number of amides is 1. The lowest BCUT2D eigenvalue weighted by Gasteiger charge is -2.16. The van der Waals surface area contributed by atoms with E-state index in [1.54, 1.807) is 14.0 Å². The molecule has 0 aliphatic carbocycles. The Morgan fingerprint density at radius 1 is 1.60 bits per heavy atom. The first-order valence-corrected chi connectivity index (χ1v) is 7.09. The van der Waals surface area contributed by atoms with Crippen LogP contribution in [0.25, 0.3) is 0 Å². The average molecular weight is 347 g/mol. The lowest BCUT2D eigenvalue weighted by atomic mass is 10.3. The summed E-state index contributed by atoms with van der Waals surface area (Å²) in [7, 11) is 1.57. The van der Waals surface area contributed by atoms with Gasteiger partial charge in [-0.05, 0) is 29.8 Å². The summed E-state index contributed by atoms with van der Waals surface area (Å²) in [6.07, 6.45) is 1.52. The lowest BCUT2D eigenvalue weighted by Crippen LogP contribution is -2.39. The van der Waals surface area contributed by atoms with Gasteiger partial charge in [-0.25, -0.2) is 4.68 Å². The van der Waals surface area contributed by atoms with Gasteiger partial charge in [0.2, 0.25) is 5.91 Å². The molecule has 1 aromatic heterocycles. The number of aryl methyl sites for hydroxylation is 1. The van der Waals surface area contributed by atoms with E-state index in [1.165, 1.54) is 10.9 Å². The predicted molar refractivity (Wildman–Crippen MR) is 79.8 cm³/mol. The van der Waals surface area contributed by atoms with E-state index in [4.69, 9.17) is 4.74 Å². The highest BCUT2D eigenvalue weighted by Gasteiger charge is 2.15. The van der Waals surface area contributed by atoms with Crippen molar-refractivity contribution in [3.05, 3.63) is 21.0 Å². The zero-order chi connectivity index (χ0) is 15.1. The van der Waals surface area contributed by atoms with Crippen LogP contribution in [0.1, 0.15) is 13.8 Å². The minimum absolute atomic E-state index is 0.173. The summed E-state index contributed by atoms with van der Waals surface area (Å²) in [6.45, 7) is 4.93. The zero-order valence-corrected chi connectivity index (χ0v) is 13.4. The predicted octanol–water partition coefficient (Wildman–Crippen LogP) is 0.589. The third-order valence-electron chi connectivity index (χ3n) is 2.66. The van der Waals surface area contributed by atoms with Crippen LogP contribution in [0, 0.1) is 0 Å². The molecule has 0 bridgehead atoms. The molecule has 1 unspecified atom stereocenters. The van der Waals surface area contributed by atoms with Crippen LogP contribution in [0.5, 0.6) is 0 Å². The molecule has 1 aromatic rings. The average Bonchev–Trinajstić information content (AvgIpc) is 2.44. The molecule has 7 nitrogen and oxygen atoms in total. The summed E-state index contributed by atoms with van der Waals surface area (Å²) in [5.41, 5.74) is 0.263. The van der Waals surface area contributed by atoms with Gasteiger partial charge >= 0.3 is 0 Å². The molecule has 0 aromatic carbocycles. The summed E-state index contributed by atoms with van der Waals surface area (Å²) in [5, 5.41) is 9.67. The number of halogens is 1. The first-order chi connectivity index (χ1) is 9.51. The number of nitrogens with zero attached hydrogens (tertiary/aromatic N) is 2. The molecule has 2 N–H and O–H groups in total. The van der Waals surface area contributed by atoms with Crippen LogP contribution in [0.15, 0.2) is 15.5 Å². The number of carbonyl (C=O) groups excluding carboxylic acids is 1. The van der Waals surface area contributed by atoms with Crippen LogP contribution in [0.2, 0.25) is 0 Å². The number of hydrogen-bond acceptors (Lipinski definition) is 5. The minimum Gasteiger partial charge on any atom is -0.383 e. The van der Waals surface area contributed by atoms with Crippen LogP contribution in [0.3, 0.4) is 0 Å². The fourth-order valence-corrected chi connectivity index (χ4v) is 1.94. The smallest absolute Gasteiger partial charge is 0.283 e.